The summed E-state index contributed by atoms with van der Waals surface area (Å²) in [5.41, 5.74) is 3.38. The summed E-state index contributed by atoms with van der Waals surface area (Å²) < 4.78 is 0. The molecule has 0 aliphatic heterocycles. The Kier molecular flexibility index (Phi) is 5.30. The molecule has 0 amide bonds. The average Bonchev–Trinajstić information content (AvgIpc) is 2.44. The van der Waals surface area contributed by atoms with Gasteiger partial charge in [0, 0.05) is 5.71 Å². The number of carboxylic acid groups (broad SMARTS) is 1. The van der Waals surface area contributed by atoms with E-state index in [-0.39, 0.29) is 20.9 Å². The number of aromatic carboxylic acids is 1. The Labute approximate surface area is 137 Å². The topological polar surface area (TPSA) is 77.4 Å². The summed E-state index contributed by atoms with van der Waals surface area (Å²) in [5.74, 6) is -1.16. The summed E-state index contributed by atoms with van der Waals surface area (Å²) in [6.45, 7) is 2.09. The van der Waals surface area contributed by atoms with E-state index in [1.54, 1.807) is 0 Å². The number of carbonyl (C=O) groups is 1. The lowest BCUT2D eigenvalue weighted by Crippen LogP contribution is -2.24. The molecule has 1 atom stereocenters. The fraction of sp³-hybridized carbons (Fsp3) is 0.462. The molecule has 2 rings (SSSR count). The van der Waals surface area contributed by atoms with Crippen LogP contribution >= 0.6 is 34.8 Å². The third kappa shape index (κ3) is 3.59. The number of pyridine rings is 1. The van der Waals surface area contributed by atoms with Gasteiger partial charge in [-0.1, -0.05) is 48.1 Å². The second kappa shape index (κ2) is 6.81. The van der Waals surface area contributed by atoms with Crippen LogP contribution in [0.15, 0.2) is 5.10 Å². The van der Waals surface area contributed by atoms with Gasteiger partial charge < -0.3 is 9.90 Å². The molecule has 1 aromatic heterocycles. The molecule has 1 aliphatic rings. The number of carbonyl (C=O) groups excluding carboxylic acids is 1. The first-order valence-corrected chi connectivity index (χ1v) is 7.63. The fourth-order valence-corrected chi connectivity index (χ4v) is 2.87. The first kappa shape index (κ1) is 16.3. The molecular weight excluding hydrogens is 337 g/mol. The van der Waals surface area contributed by atoms with E-state index >= 15 is 0 Å². The van der Waals surface area contributed by atoms with E-state index in [4.69, 9.17) is 34.8 Å². The monoisotopic (exact) mass is 348 g/mol. The van der Waals surface area contributed by atoms with Crippen molar-refractivity contribution in [3.05, 3.63) is 20.9 Å². The Bertz CT molecular complexity index is 605. The average molecular weight is 350 g/mol. The van der Waals surface area contributed by atoms with Crippen molar-refractivity contribution in [1.82, 2.24) is 4.98 Å². The maximum atomic E-state index is 11.0. The molecular formula is C13H13Cl3N3O2-. The van der Waals surface area contributed by atoms with Gasteiger partial charge in [-0.25, -0.2) is 4.98 Å². The second-order valence-corrected chi connectivity index (χ2v) is 6.02. The van der Waals surface area contributed by atoms with Gasteiger partial charge in [0.05, 0.1) is 16.7 Å². The van der Waals surface area contributed by atoms with Crippen molar-refractivity contribution in [2.45, 2.75) is 32.6 Å². The van der Waals surface area contributed by atoms with Crippen LogP contribution in [0.2, 0.25) is 15.2 Å². The minimum absolute atomic E-state index is 0.0273. The second-order valence-electron chi connectivity index (χ2n) is 4.90. The van der Waals surface area contributed by atoms with Crippen LogP contribution in [0, 0.1) is 5.92 Å². The molecule has 1 aromatic rings. The number of rotatable bonds is 3. The first-order chi connectivity index (χ1) is 9.91. The van der Waals surface area contributed by atoms with Gasteiger partial charge in [-0.15, -0.1) is 0 Å². The van der Waals surface area contributed by atoms with Crippen molar-refractivity contribution in [2.24, 2.45) is 11.0 Å². The third-order valence-electron chi connectivity index (χ3n) is 3.43. The molecule has 0 bridgehead atoms. The lowest BCUT2D eigenvalue weighted by Gasteiger charge is -2.20. The van der Waals surface area contributed by atoms with Gasteiger partial charge in [-0.2, -0.15) is 5.10 Å². The van der Waals surface area contributed by atoms with Crippen LogP contribution in [0.25, 0.3) is 0 Å². The van der Waals surface area contributed by atoms with Crippen LogP contribution in [-0.4, -0.2) is 16.7 Å². The molecule has 0 aromatic carbocycles. The Hall–Kier alpha value is -1.04. The normalized spacial score (nSPS) is 20.6. The van der Waals surface area contributed by atoms with Gasteiger partial charge in [0.25, 0.3) is 0 Å². The van der Waals surface area contributed by atoms with E-state index in [2.05, 4.69) is 22.4 Å². The number of hydrogen-bond acceptors (Lipinski definition) is 5. The van der Waals surface area contributed by atoms with Crippen LogP contribution in [-0.2, 0) is 0 Å². The van der Waals surface area contributed by atoms with Crippen molar-refractivity contribution in [1.29, 1.82) is 0 Å². The molecule has 0 saturated heterocycles. The van der Waals surface area contributed by atoms with Crippen LogP contribution in [0.4, 0.5) is 5.69 Å². The van der Waals surface area contributed by atoms with Gasteiger partial charge >= 0.3 is 0 Å². The van der Waals surface area contributed by atoms with Crippen LogP contribution in [0.5, 0.6) is 0 Å². The molecule has 21 heavy (non-hydrogen) atoms. The van der Waals surface area contributed by atoms with Crippen LogP contribution in [0.1, 0.15) is 43.1 Å². The smallest absolute Gasteiger partial charge is 0.150 e. The van der Waals surface area contributed by atoms with Crippen LogP contribution < -0.4 is 10.5 Å². The Morgan fingerprint density at radius 1 is 1.33 bits per heavy atom. The minimum atomic E-state index is -1.53. The highest BCUT2D eigenvalue weighted by Crippen LogP contribution is 2.37. The summed E-state index contributed by atoms with van der Waals surface area (Å²) in [6.07, 6.45) is 4.21. The number of anilines is 1. The largest absolute Gasteiger partial charge is 0.543 e. The van der Waals surface area contributed by atoms with Gasteiger partial charge in [0.2, 0.25) is 0 Å². The van der Waals surface area contributed by atoms with E-state index in [1.165, 1.54) is 6.42 Å². The highest BCUT2D eigenvalue weighted by Gasteiger charge is 2.19. The van der Waals surface area contributed by atoms with E-state index in [9.17, 15) is 9.90 Å². The molecule has 1 N–H and O–H groups in total. The predicted octanol–water partition coefficient (Wildman–Crippen LogP) is 3.38. The molecule has 114 valence electrons. The van der Waals surface area contributed by atoms with Gasteiger partial charge in [-0.05, 0) is 25.2 Å². The number of halogens is 3. The molecule has 1 saturated carbocycles. The van der Waals surface area contributed by atoms with Gasteiger partial charge in [0.1, 0.15) is 10.7 Å². The van der Waals surface area contributed by atoms with Gasteiger partial charge in [-0.3, -0.25) is 5.43 Å². The summed E-state index contributed by atoms with van der Waals surface area (Å²) in [6, 6.07) is 0. The summed E-state index contributed by atoms with van der Waals surface area (Å²) >= 11 is 17.8. The zero-order valence-electron chi connectivity index (χ0n) is 11.3. The lowest BCUT2D eigenvalue weighted by molar-refractivity contribution is -0.255. The van der Waals surface area contributed by atoms with Crippen LogP contribution in [0.3, 0.4) is 0 Å². The summed E-state index contributed by atoms with van der Waals surface area (Å²) in [5, 5.41) is 15.0. The number of hydrazone groups is 1. The highest BCUT2D eigenvalue weighted by atomic mass is 35.5. The number of nitrogens with zero attached hydrogens (tertiary/aromatic N) is 2. The molecule has 0 unspecified atom stereocenters. The van der Waals surface area contributed by atoms with Crippen molar-refractivity contribution < 1.29 is 9.90 Å². The number of aromatic nitrogens is 1. The molecule has 1 aliphatic carbocycles. The molecule has 0 radical (unpaired) electrons. The highest BCUT2D eigenvalue weighted by molar-refractivity contribution is 6.46. The summed E-state index contributed by atoms with van der Waals surface area (Å²) in [4.78, 5) is 14.6. The van der Waals surface area contributed by atoms with Gasteiger partial charge in [0.15, 0.2) is 5.15 Å². The molecule has 8 heteroatoms. The minimum Gasteiger partial charge on any atom is -0.543 e. The predicted molar refractivity (Wildman–Crippen MR) is 82.3 cm³/mol. The quantitative estimate of drug-likeness (QED) is 0.670. The van der Waals surface area contributed by atoms with Crippen molar-refractivity contribution >= 4 is 52.2 Å². The van der Waals surface area contributed by atoms with E-state index in [0.717, 1.165) is 25.0 Å². The Morgan fingerprint density at radius 3 is 2.67 bits per heavy atom. The number of carboxylic acids is 1. The number of hydrogen-bond donors (Lipinski definition) is 1. The SMILES string of the molecule is C[C@@H]1CCCC/C1=N/Nc1c(Cl)c(Cl)nc(C(=O)[O-])c1Cl. The molecule has 1 fully saturated rings. The molecule has 0 spiro atoms. The maximum Gasteiger partial charge on any atom is 0.150 e. The zero-order valence-corrected chi connectivity index (χ0v) is 13.5. The van der Waals surface area contributed by atoms with Crippen molar-refractivity contribution in [3.63, 3.8) is 0 Å². The third-order valence-corrected chi connectivity index (χ3v) is 4.54. The Morgan fingerprint density at radius 2 is 2.05 bits per heavy atom. The zero-order chi connectivity index (χ0) is 15.6. The summed E-state index contributed by atoms with van der Waals surface area (Å²) in [7, 11) is 0. The molecule has 1 heterocycles. The van der Waals surface area contributed by atoms with E-state index in [1.807, 2.05) is 0 Å². The first-order valence-electron chi connectivity index (χ1n) is 6.50. The standard InChI is InChI=1S/C13H14Cl3N3O2/c1-6-4-2-3-5-7(6)18-19-10-8(14)11(13(20)21)17-12(16)9(10)15/h6H,2-5H2,1H3,(H,17,19)(H,20,21)/p-1/b18-7-/t6-/m1/s1. The van der Waals surface area contributed by atoms with E-state index < -0.39 is 11.7 Å². The van der Waals surface area contributed by atoms with Crippen molar-refractivity contribution in [3.8, 4) is 0 Å². The fourth-order valence-electron chi connectivity index (χ4n) is 2.21. The van der Waals surface area contributed by atoms with E-state index in [0.29, 0.717) is 5.92 Å². The molecule has 5 nitrogen and oxygen atoms in total. The van der Waals surface area contributed by atoms with Crippen molar-refractivity contribution in [2.75, 3.05) is 5.43 Å². The maximum absolute atomic E-state index is 11.0. The number of nitrogens with one attached hydrogen (secondary N) is 1. The Balaban J connectivity index is 2.35. The lowest BCUT2D eigenvalue weighted by atomic mass is 9.89.